The Labute approximate surface area is 87.7 Å². The Morgan fingerprint density at radius 1 is 0.929 bits per heavy atom. The molecule has 1 aliphatic rings. The number of carbonyl (C=O) groups excluding carboxylic acids is 2. The van der Waals surface area contributed by atoms with E-state index in [9.17, 15) is 9.59 Å². The Kier molecular flexibility index (Phi) is 3.81. The number of hydrogen-bond acceptors (Lipinski definition) is 2. The van der Waals surface area contributed by atoms with Gasteiger partial charge in [-0.25, -0.2) is 0 Å². The Morgan fingerprint density at radius 3 is 1.43 bits per heavy atom. The molecule has 1 aliphatic carbocycles. The number of allylic oxidation sites excluding steroid dienone is 2. The highest BCUT2D eigenvalue weighted by Gasteiger charge is 2.27. The molecule has 0 radical (unpaired) electrons. The quantitative estimate of drug-likeness (QED) is 0.648. The van der Waals surface area contributed by atoms with Crippen molar-refractivity contribution in [2.24, 2.45) is 11.8 Å². The third-order valence-electron chi connectivity index (χ3n) is 2.93. The van der Waals surface area contributed by atoms with Gasteiger partial charge in [-0.3, -0.25) is 9.59 Å². The molecule has 2 heteroatoms. The van der Waals surface area contributed by atoms with E-state index in [-0.39, 0.29) is 26.3 Å². The van der Waals surface area contributed by atoms with Crippen LogP contribution in [-0.2, 0) is 9.59 Å². The van der Waals surface area contributed by atoms with Crippen molar-refractivity contribution in [3.8, 4) is 0 Å². The van der Waals surface area contributed by atoms with Crippen molar-refractivity contribution in [1.82, 2.24) is 0 Å². The molecule has 1 saturated carbocycles. The number of ketones is 2. The topological polar surface area (TPSA) is 34.1 Å². The number of hydrogen-bond donors (Lipinski definition) is 0. The average Bonchev–Trinajstić information content (AvgIpc) is 2.27. The summed E-state index contributed by atoms with van der Waals surface area (Å²) in [4.78, 5) is 22.6. The average molecular weight is 196 g/mol. The fraction of sp³-hybridized carbons (Fsp3) is 0.500. The molecule has 2 nitrogen and oxygen atoms in total. The monoisotopic (exact) mass is 196 g/mol. The van der Waals surface area contributed by atoms with E-state index in [2.05, 4.69) is 13.2 Å². The minimum Gasteiger partial charge on any atom is -0.295 e. The molecule has 0 aromatic rings. The maximum atomic E-state index is 11.3. The van der Waals surface area contributed by atoms with Crippen LogP contribution in [0.25, 0.3) is 0 Å². The summed E-state index contributed by atoms with van der Waals surface area (Å²) in [6.07, 6.45) is 6.04. The summed E-state index contributed by atoms with van der Waals surface area (Å²) in [5.74, 6) is 0.437. The molecule has 0 N–H and O–H groups in total. The third kappa shape index (κ3) is 2.41. The largest absolute Gasteiger partial charge is 0.295 e. The summed E-state index contributed by atoms with van der Waals surface area (Å²) < 4.78 is 0. The second-order valence-corrected chi connectivity index (χ2v) is 3.76. The lowest BCUT2D eigenvalue weighted by Crippen LogP contribution is -2.24. The van der Waals surface area contributed by atoms with E-state index in [0.29, 0.717) is 0 Å². The molecule has 0 unspecified atom stereocenters. The predicted molar refractivity (Wildman–Crippen MR) is 60.1 cm³/mol. The molecule has 0 spiro atoms. The van der Waals surface area contributed by atoms with Crippen molar-refractivity contribution < 1.29 is 12.4 Å². The smallest absolute Gasteiger partial charge is 0.158 e. The van der Waals surface area contributed by atoms with E-state index in [1.807, 2.05) is 0 Å². The van der Waals surface area contributed by atoms with E-state index >= 15 is 0 Å². The summed E-state index contributed by atoms with van der Waals surface area (Å²) >= 11 is 0. The van der Waals surface area contributed by atoms with Crippen LogP contribution in [0.4, 0.5) is 0 Å². The van der Waals surface area contributed by atoms with Gasteiger partial charge in [0.05, 0.1) is 0 Å². The first-order chi connectivity index (χ1) is 6.69. The first-order valence-electron chi connectivity index (χ1n) is 5.01. The molecule has 0 heterocycles. The first kappa shape index (κ1) is 10.9. The minimum absolute atomic E-state index is 0. The molecule has 0 atom stereocenters. The zero-order valence-electron chi connectivity index (χ0n) is 8.37. The van der Waals surface area contributed by atoms with Gasteiger partial charge in [0.2, 0.25) is 0 Å². The van der Waals surface area contributed by atoms with Crippen LogP contribution in [0, 0.1) is 11.8 Å². The predicted octanol–water partition coefficient (Wildman–Crippen LogP) is 2.80. The van der Waals surface area contributed by atoms with Gasteiger partial charge in [-0.15, -0.1) is 0 Å². The second kappa shape index (κ2) is 4.89. The Balaban J connectivity index is 0. The highest BCUT2D eigenvalue weighted by Crippen LogP contribution is 2.30. The molecule has 0 saturated heterocycles. The van der Waals surface area contributed by atoms with Gasteiger partial charge in [0.15, 0.2) is 11.6 Å². The van der Waals surface area contributed by atoms with Crippen molar-refractivity contribution in [2.45, 2.75) is 25.7 Å². The van der Waals surface area contributed by atoms with E-state index in [1.165, 1.54) is 12.2 Å². The van der Waals surface area contributed by atoms with Crippen LogP contribution in [0.2, 0.25) is 0 Å². The summed E-state index contributed by atoms with van der Waals surface area (Å²) in [7, 11) is 0. The Hall–Kier alpha value is -1.18. The Morgan fingerprint density at radius 2 is 1.21 bits per heavy atom. The van der Waals surface area contributed by atoms with E-state index in [1.54, 1.807) is 0 Å². The van der Waals surface area contributed by atoms with Crippen molar-refractivity contribution in [1.29, 1.82) is 0 Å². The fourth-order valence-electron chi connectivity index (χ4n) is 2.00. The molecule has 80 valence electrons. The standard InChI is InChI=1S/C12H16O2.2H2/c1-3-11(13)9-5-7-10(8-6-9)12(14)4-2;;/h3-4,9-10H,1-2,5-8H2;2*1H. The second-order valence-electron chi connectivity index (χ2n) is 3.76. The molecule has 0 bridgehead atoms. The van der Waals surface area contributed by atoms with Crippen LogP contribution in [0.3, 0.4) is 0 Å². The van der Waals surface area contributed by atoms with Crippen molar-refractivity contribution in [2.75, 3.05) is 0 Å². The van der Waals surface area contributed by atoms with Gasteiger partial charge in [0.1, 0.15) is 0 Å². The van der Waals surface area contributed by atoms with Crippen LogP contribution in [0.15, 0.2) is 25.3 Å². The van der Waals surface area contributed by atoms with Crippen LogP contribution >= 0.6 is 0 Å². The summed E-state index contributed by atoms with van der Waals surface area (Å²) in [6, 6.07) is 0. The summed E-state index contributed by atoms with van der Waals surface area (Å²) in [6.45, 7) is 6.95. The van der Waals surface area contributed by atoms with Gasteiger partial charge in [0.25, 0.3) is 0 Å². The molecule has 0 amide bonds. The maximum Gasteiger partial charge on any atom is 0.158 e. The number of carbonyl (C=O) groups is 2. The molecule has 0 aliphatic heterocycles. The van der Waals surface area contributed by atoms with Crippen molar-refractivity contribution in [3.63, 3.8) is 0 Å². The number of rotatable bonds is 4. The highest BCUT2D eigenvalue weighted by atomic mass is 16.1. The molecule has 14 heavy (non-hydrogen) atoms. The molecule has 1 rings (SSSR count). The summed E-state index contributed by atoms with van der Waals surface area (Å²) in [5.41, 5.74) is 0. The van der Waals surface area contributed by atoms with Gasteiger partial charge in [0, 0.05) is 14.7 Å². The van der Waals surface area contributed by atoms with Crippen LogP contribution in [0.5, 0.6) is 0 Å². The lowest BCUT2D eigenvalue weighted by molar-refractivity contribution is -0.123. The normalized spacial score (nSPS) is 26.6. The van der Waals surface area contributed by atoms with Gasteiger partial charge in [-0.2, -0.15) is 0 Å². The van der Waals surface area contributed by atoms with Crippen LogP contribution in [-0.4, -0.2) is 11.6 Å². The lowest BCUT2D eigenvalue weighted by Gasteiger charge is -2.25. The van der Waals surface area contributed by atoms with Gasteiger partial charge < -0.3 is 0 Å². The molecular formula is C12H20O2. The van der Waals surface area contributed by atoms with Crippen LogP contribution < -0.4 is 0 Å². The molecule has 0 aromatic heterocycles. The molecule has 0 aromatic carbocycles. The maximum absolute atomic E-state index is 11.3. The summed E-state index contributed by atoms with van der Waals surface area (Å²) in [5, 5.41) is 0. The van der Waals surface area contributed by atoms with E-state index in [4.69, 9.17) is 0 Å². The highest BCUT2D eigenvalue weighted by molar-refractivity contribution is 5.93. The Bertz CT molecular complexity index is 238. The molecular weight excluding hydrogens is 176 g/mol. The van der Waals surface area contributed by atoms with Crippen LogP contribution in [0.1, 0.15) is 28.5 Å². The van der Waals surface area contributed by atoms with Crippen molar-refractivity contribution >= 4 is 11.6 Å². The van der Waals surface area contributed by atoms with Gasteiger partial charge in [-0.05, 0) is 37.8 Å². The van der Waals surface area contributed by atoms with Gasteiger partial charge >= 0.3 is 0 Å². The van der Waals surface area contributed by atoms with E-state index < -0.39 is 0 Å². The lowest BCUT2D eigenvalue weighted by atomic mass is 9.78. The zero-order chi connectivity index (χ0) is 10.6. The molecule has 1 fully saturated rings. The van der Waals surface area contributed by atoms with Gasteiger partial charge in [-0.1, -0.05) is 13.2 Å². The van der Waals surface area contributed by atoms with E-state index in [0.717, 1.165) is 25.7 Å². The third-order valence-corrected chi connectivity index (χ3v) is 2.93. The zero-order valence-corrected chi connectivity index (χ0v) is 8.37. The minimum atomic E-state index is 0. The SMILES string of the molecule is C=CC(=O)C1CCC(C(=O)C=C)CC1.[HH].[HH]. The fourth-order valence-corrected chi connectivity index (χ4v) is 2.00. The first-order valence-corrected chi connectivity index (χ1v) is 5.01. The van der Waals surface area contributed by atoms with Crippen molar-refractivity contribution in [3.05, 3.63) is 25.3 Å².